The minimum absolute atomic E-state index is 0.0984. The van der Waals surface area contributed by atoms with Gasteiger partial charge in [-0.2, -0.15) is 0 Å². The van der Waals surface area contributed by atoms with Crippen molar-refractivity contribution >= 4 is 17.3 Å². The second-order valence-corrected chi connectivity index (χ2v) is 6.83. The van der Waals surface area contributed by atoms with E-state index in [1.165, 1.54) is 50.6 Å². The number of carbonyl (C=O) groups is 1. The summed E-state index contributed by atoms with van der Waals surface area (Å²) in [7, 11) is 0. The Balaban J connectivity index is 1.41. The highest BCUT2D eigenvalue weighted by molar-refractivity contribution is 5.91. The van der Waals surface area contributed by atoms with Crippen molar-refractivity contribution in [3.8, 4) is 0 Å². The maximum Gasteiger partial charge on any atom is 0.225 e. The third-order valence-electron chi connectivity index (χ3n) is 5.01. The molecular formula is C19H29N3O. The second kappa shape index (κ2) is 8.34. The summed E-state index contributed by atoms with van der Waals surface area (Å²) in [5.74, 6) is 0.0984. The molecule has 0 atom stereocenters. The Morgan fingerprint density at radius 2 is 1.70 bits per heavy atom. The van der Waals surface area contributed by atoms with Crippen molar-refractivity contribution in [2.75, 3.05) is 29.9 Å². The van der Waals surface area contributed by atoms with E-state index in [1.807, 2.05) is 12.1 Å². The molecule has 0 aromatic heterocycles. The Morgan fingerprint density at radius 3 is 2.39 bits per heavy atom. The summed E-state index contributed by atoms with van der Waals surface area (Å²) < 4.78 is 0. The molecule has 2 aliphatic rings. The Labute approximate surface area is 139 Å². The number of amides is 1. The van der Waals surface area contributed by atoms with E-state index in [9.17, 15) is 4.79 Å². The van der Waals surface area contributed by atoms with Crippen LogP contribution < -0.4 is 15.5 Å². The smallest absolute Gasteiger partial charge is 0.225 e. The summed E-state index contributed by atoms with van der Waals surface area (Å²) in [5.41, 5.74) is 2.17. The molecule has 0 bridgehead atoms. The lowest BCUT2D eigenvalue weighted by molar-refractivity contribution is -0.116. The first-order valence-corrected chi connectivity index (χ1v) is 9.19. The van der Waals surface area contributed by atoms with Crippen molar-refractivity contribution < 1.29 is 4.79 Å². The van der Waals surface area contributed by atoms with Crippen molar-refractivity contribution in [2.45, 2.75) is 57.4 Å². The topological polar surface area (TPSA) is 44.4 Å². The lowest BCUT2D eigenvalue weighted by atomic mass is 10.1. The minimum atomic E-state index is 0.0984. The number of nitrogens with one attached hydrogen (secondary N) is 2. The Bertz CT molecular complexity index is 488. The lowest BCUT2D eigenvalue weighted by Gasteiger charge is -2.28. The van der Waals surface area contributed by atoms with Gasteiger partial charge in [-0.25, -0.2) is 0 Å². The van der Waals surface area contributed by atoms with Gasteiger partial charge in [0.05, 0.1) is 0 Å². The van der Waals surface area contributed by atoms with Crippen molar-refractivity contribution in [1.82, 2.24) is 5.32 Å². The van der Waals surface area contributed by atoms with Gasteiger partial charge in [0, 0.05) is 43.5 Å². The van der Waals surface area contributed by atoms with Crippen molar-refractivity contribution in [3.05, 3.63) is 24.3 Å². The van der Waals surface area contributed by atoms with E-state index in [1.54, 1.807) is 0 Å². The summed E-state index contributed by atoms with van der Waals surface area (Å²) in [6.45, 7) is 3.08. The molecule has 0 spiro atoms. The lowest BCUT2D eigenvalue weighted by Crippen LogP contribution is -2.29. The predicted molar refractivity (Wildman–Crippen MR) is 96.0 cm³/mol. The largest absolute Gasteiger partial charge is 0.372 e. The highest BCUT2D eigenvalue weighted by Crippen LogP contribution is 2.22. The Morgan fingerprint density at radius 1 is 1.00 bits per heavy atom. The van der Waals surface area contributed by atoms with Crippen LogP contribution >= 0.6 is 0 Å². The summed E-state index contributed by atoms with van der Waals surface area (Å²) in [5, 5.41) is 6.48. The molecule has 4 nitrogen and oxygen atoms in total. The van der Waals surface area contributed by atoms with Gasteiger partial charge in [0.1, 0.15) is 0 Å². The zero-order valence-corrected chi connectivity index (χ0v) is 14.0. The van der Waals surface area contributed by atoms with Gasteiger partial charge in [-0.15, -0.1) is 0 Å². The predicted octanol–water partition coefficient (Wildman–Crippen LogP) is 3.54. The summed E-state index contributed by atoms with van der Waals surface area (Å²) in [6.07, 6.45) is 9.64. The van der Waals surface area contributed by atoms with Crippen LogP contribution in [-0.2, 0) is 4.79 Å². The normalized spacial score (nSPS) is 19.0. The molecule has 1 aliphatic carbocycles. The molecule has 1 amide bonds. The molecule has 1 saturated carbocycles. The van der Waals surface area contributed by atoms with E-state index >= 15 is 0 Å². The fraction of sp³-hybridized carbons (Fsp3) is 0.632. The summed E-state index contributed by atoms with van der Waals surface area (Å²) in [6, 6.07) is 8.92. The monoisotopic (exact) mass is 315 g/mol. The van der Waals surface area contributed by atoms with Crippen LogP contribution in [0.15, 0.2) is 24.3 Å². The highest BCUT2D eigenvalue weighted by Gasteiger charge is 2.14. The number of benzene rings is 1. The van der Waals surface area contributed by atoms with E-state index in [0.717, 1.165) is 25.3 Å². The Kier molecular flexibility index (Phi) is 5.92. The fourth-order valence-electron chi connectivity index (χ4n) is 3.65. The molecule has 1 heterocycles. The number of nitrogens with zero attached hydrogens (tertiary/aromatic N) is 1. The number of hydrogen-bond donors (Lipinski definition) is 2. The molecule has 1 aromatic rings. The van der Waals surface area contributed by atoms with Crippen LogP contribution in [0.4, 0.5) is 11.4 Å². The first-order valence-electron chi connectivity index (χ1n) is 9.19. The van der Waals surface area contributed by atoms with Gasteiger partial charge in [-0.05, 0) is 56.4 Å². The summed E-state index contributed by atoms with van der Waals surface area (Å²) >= 11 is 0. The molecular weight excluding hydrogens is 286 g/mol. The molecule has 0 radical (unpaired) electrons. The third kappa shape index (κ3) is 4.96. The first kappa shape index (κ1) is 16.3. The molecule has 23 heavy (non-hydrogen) atoms. The molecule has 4 heteroatoms. The van der Waals surface area contributed by atoms with E-state index < -0.39 is 0 Å². The molecule has 1 aromatic carbocycles. The standard InChI is InChI=1S/C19H29N3O/c23-19(12-13-20-16-6-2-3-7-16)21-17-8-10-18(11-9-17)22-14-4-1-5-15-22/h8-11,16,20H,1-7,12-15H2,(H,21,23). The van der Waals surface area contributed by atoms with Crippen molar-refractivity contribution in [3.63, 3.8) is 0 Å². The number of rotatable bonds is 6. The minimum Gasteiger partial charge on any atom is -0.372 e. The molecule has 0 unspecified atom stereocenters. The van der Waals surface area contributed by atoms with Crippen molar-refractivity contribution in [2.24, 2.45) is 0 Å². The molecule has 3 rings (SSSR count). The van der Waals surface area contributed by atoms with Crippen LogP contribution in [0.1, 0.15) is 51.4 Å². The molecule has 2 fully saturated rings. The number of hydrogen-bond acceptors (Lipinski definition) is 3. The van der Waals surface area contributed by atoms with Gasteiger partial charge in [-0.3, -0.25) is 4.79 Å². The van der Waals surface area contributed by atoms with Crippen LogP contribution in [0.5, 0.6) is 0 Å². The van der Waals surface area contributed by atoms with E-state index in [0.29, 0.717) is 12.5 Å². The highest BCUT2D eigenvalue weighted by atomic mass is 16.1. The molecule has 2 N–H and O–H groups in total. The van der Waals surface area contributed by atoms with Crippen molar-refractivity contribution in [1.29, 1.82) is 0 Å². The van der Waals surface area contributed by atoms with Crippen LogP contribution in [-0.4, -0.2) is 31.6 Å². The van der Waals surface area contributed by atoms with Crippen LogP contribution in [0.25, 0.3) is 0 Å². The van der Waals surface area contributed by atoms with Gasteiger partial charge in [0.15, 0.2) is 0 Å². The van der Waals surface area contributed by atoms with Crippen LogP contribution in [0.2, 0.25) is 0 Å². The number of carbonyl (C=O) groups excluding carboxylic acids is 1. The zero-order chi connectivity index (χ0) is 15.9. The quantitative estimate of drug-likeness (QED) is 0.844. The van der Waals surface area contributed by atoms with Gasteiger partial charge in [0.2, 0.25) is 5.91 Å². The third-order valence-corrected chi connectivity index (χ3v) is 5.01. The van der Waals surface area contributed by atoms with Gasteiger partial charge < -0.3 is 15.5 Å². The van der Waals surface area contributed by atoms with Gasteiger partial charge >= 0.3 is 0 Å². The van der Waals surface area contributed by atoms with Crippen LogP contribution in [0, 0.1) is 0 Å². The number of anilines is 2. The molecule has 126 valence electrons. The maximum absolute atomic E-state index is 12.0. The molecule has 1 aliphatic heterocycles. The Hall–Kier alpha value is -1.55. The van der Waals surface area contributed by atoms with Gasteiger partial charge in [0.25, 0.3) is 0 Å². The summed E-state index contributed by atoms with van der Waals surface area (Å²) in [4.78, 5) is 14.4. The van der Waals surface area contributed by atoms with Gasteiger partial charge in [-0.1, -0.05) is 12.8 Å². The maximum atomic E-state index is 12.0. The number of piperidine rings is 1. The molecule has 1 saturated heterocycles. The van der Waals surface area contributed by atoms with Crippen LogP contribution in [0.3, 0.4) is 0 Å². The van der Waals surface area contributed by atoms with E-state index in [2.05, 4.69) is 27.7 Å². The zero-order valence-electron chi connectivity index (χ0n) is 14.0. The van der Waals surface area contributed by atoms with E-state index in [4.69, 9.17) is 0 Å². The first-order chi connectivity index (χ1) is 11.3. The fourth-order valence-corrected chi connectivity index (χ4v) is 3.65. The van der Waals surface area contributed by atoms with E-state index in [-0.39, 0.29) is 5.91 Å². The average Bonchev–Trinajstić information content (AvgIpc) is 3.10. The SMILES string of the molecule is O=C(CCNC1CCCC1)Nc1ccc(N2CCCCC2)cc1. The average molecular weight is 315 g/mol. The second-order valence-electron chi connectivity index (χ2n) is 6.83.